The third-order valence-electron chi connectivity index (χ3n) is 2.98. The van der Waals surface area contributed by atoms with Gasteiger partial charge in [-0.3, -0.25) is 9.78 Å². The van der Waals surface area contributed by atoms with Crippen LogP contribution in [0.5, 0.6) is 0 Å². The number of anilines is 1. The molecule has 6 nitrogen and oxygen atoms in total. The van der Waals surface area contributed by atoms with Gasteiger partial charge in [-0.1, -0.05) is 0 Å². The third kappa shape index (κ3) is 4.37. The number of nitrogens with zero attached hydrogens (tertiary/aromatic N) is 4. The number of nitrogens with one attached hydrogen (secondary N) is 1. The summed E-state index contributed by atoms with van der Waals surface area (Å²) in [5, 5.41) is 7.40. The van der Waals surface area contributed by atoms with Crippen molar-refractivity contribution >= 4 is 21.6 Å². The highest BCUT2D eigenvalue weighted by Gasteiger charge is 2.08. The maximum absolute atomic E-state index is 12.2. The van der Waals surface area contributed by atoms with Crippen LogP contribution < -0.4 is 10.9 Å². The fourth-order valence-corrected chi connectivity index (χ4v) is 2.19. The van der Waals surface area contributed by atoms with Crippen LogP contribution in [0.15, 0.2) is 40.0 Å². The number of halogens is 1. The molecule has 0 fully saturated rings. The van der Waals surface area contributed by atoms with Gasteiger partial charge in [0.2, 0.25) is 0 Å². The van der Waals surface area contributed by atoms with Crippen LogP contribution in [0.2, 0.25) is 0 Å². The zero-order chi connectivity index (χ0) is 15.2. The van der Waals surface area contributed by atoms with Gasteiger partial charge in [0.1, 0.15) is 4.47 Å². The molecule has 0 aliphatic carbocycles. The third-order valence-corrected chi connectivity index (χ3v) is 3.74. The van der Waals surface area contributed by atoms with E-state index in [2.05, 4.69) is 31.3 Å². The van der Waals surface area contributed by atoms with E-state index in [9.17, 15) is 4.79 Å². The highest BCUT2D eigenvalue weighted by molar-refractivity contribution is 9.10. The lowest BCUT2D eigenvalue weighted by molar-refractivity contribution is 0.367. The van der Waals surface area contributed by atoms with Gasteiger partial charge in [0.25, 0.3) is 5.56 Å². The number of rotatable bonds is 6. The van der Waals surface area contributed by atoms with Crippen LogP contribution in [-0.2, 0) is 13.1 Å². The number of hydrogen-bond donors (Lipinski definition) is 1. The second-order valence-electron chi connectivity index (χ2n) is 4.91. The molecule has 1 N–H and O–H groups in total. The van der Waals surface area contributed by atoms with E-state index < -0.39 is 0 Å². The maximum atomic E-state index is 12.2. The first-order valence-corrected chi connectivity index (χ1v) is 7.40. The summed E-state index contributed by atoms with van der Waals surface area (Å²) in [5.74, 6) is 0. The van der Waals surface area contributed by atoms with Gasteiger partial charge in [0.15, 0.2) is 0 Å². The molecule has 0 bridgehead atoms. The molecule has 0 radical (unpaired) electrons. The van der Waals surface area contributed by atoms with Crippen molar-refractivity contribution in [2.45, 2.75) is 13.1 Å². The molecule has 2 aromatic heterocycles. The van der Waals surface area contributed by atoms with Crippen molar-refractivity contribution in [1.29, 1.82) is 0 Å². The van der Waals surface area contributed by atoms with E-state index in [0.29, 0.717) is 23.2 Å². The lowest BCUT2D eigenvalue weighted by Gasteiger charge is -2.12. The molecule has 0 saturated heterocycles. The van der Waals surface area contributed by atoms with Gasteiger partial charge in [-0.2, -0.15) is 5.10 Å². The standard InChI is InChI=1S/C14H18BrN5O/c1-19(2)7-8-20-14(21)13(15)12(10-18-20)17-9-11-3-5-16-6-4-11/h3-6,10,17H,7-9H2,1-2H3. The minimum Gasteiger partial charge on any atom is -0.379 e. The highest BCUT2D eigenvalue weighted by atomic mass is 79.9. The molecule has 21 heavy (non-hydrogen) atoms. The zero-order valence-electron chi connectivity index (χ0n) is 12.1. The molecule has 112 valence electrons. The SMILES string of the molecule is CN(C)CCn1ncc(NCc2ccncc2)c(Br)c1=O. The molecule has 2 rings (SSSR count). The molecular formula is C14H18BrN5O. The van der Waals surface area contributed by atoms with Crippen molar-refractivity contribution in [3.63, 3.8) is 0 Å². The Morgan fingerprint density at radius 2 is 2.05 bits per heavy atom. The van der Waals surface area contributed by atoms with Crippen LogP contribution in [0, 0.1) is 0 Å². The van der Waals surface area contributed by atoms with E-state index in [1.54, 1.807) is 18.6 Å². The van der Waals surface area contributed by atoms with Gasteiger partial charge in [0, 0.05) is 25.5 Å². The van der Waals surface area contributed by atoms with Crippen molar-refractivity contribution in [3.8, 4) is 0 Å². The van der Waals surface area contributed by atoms with E-state index in [1.807, 2.05) is 31.1 Å². The Bertz CT molecular complexity index is 642. The molecule has 0 aromatic carbocycles. The first-order valence-electron chi connectivity index (χ1n) is 6.61. The molecular weight excluding hydrogens is 334 g/mol. The quantitative estimate of drug-likeness (QED) is 0.855. The number of aromatic nitrogens is 3. The monoisotopic (exact) mass is 351 g/mol. The number of pyridine rings is 1. The van der Waals surface area contributed by atoms with Gasteiger partial charge < -0.3 is 10.2 Å². The largest absolute Gasteiger partial charge is 0.379 e. The van der Waals surface area contributed by atoms with Gasteiger partial charge in [-0.05, 0) is 47.7 Å². The smallest absolute Gasteiger partial charge is 0.283 e. The van der Waals surface area contributed by atoms with Crippen LogP contribution in [0.4, 0.5) is 5.69 Å². The summed E-state index contributed by atoms with van der Waals surface area (Å²) < 4.78 is 1.96. The average molecular weight is 352 g/mol. The van der Waals surface area contributed by atoms with Crippen LogP contribution in [0.1, 0.15) is 5.56 Å². The molecule has 0 amide bonds. The van der Waals surface area contributed by atoms with Gasteiger partial charge in [-0.15, -0.1) is 0 Å². The summed E-state index contributed by atoms with van der Waals surface area (Å²) in [6.07, 6.45) is 5.15. The Morgan fingerprint density at radius 1 is 1.33 bits per heavy atom. The van der Waals surface area contributed by atoms with E-state index in [0.717, 1.165) is 12.1 Å². The predicted molar refractivity (Wildman–Crippen MR) is 86.3 cm³/mol. The normalized spacial score (nSPS) is 10.9. The minimum absolute atomic E-state index is 0.128. The van der Waals surface area contributed by atoms with Crippen molar-refractivity contribution in [2.24, 2.45) is 0 Å². The molecule has 0 saturated carbocycles. The van der Waals surface area contributed by atoms with Crippen LogP contribution in [0.25, 0.3) is 0 Å². The molecule has 0 spiro atoms. The van der Waals surface area contributed by atoms with Gasteiger partial charge >= 0.3 is 0 Å². The summed E-state index contributed by atoms with van der Waals surface area (Å²) in [5.41, 5.74) is 1.66. The van der Waals surface area contributed by atoms with E-state index >= 15 is 0 Å². The number of hydrogen-bond acceptors (Lipinski definition) is 5. The van der Waals surface area contributed by atoms with Crippen molar-refractivity contribution < 1.29 is 0 Å². The van der Waals surface area contributed by atoms with E-state index in [4.69, 9.17) is 0 Å². The summed E-state index contributed by atoms with van der Waals surface area (Å²) in [6, 6.07) is 3.85. The Balaban J connectivity index is 2.08. The number of likely N-dealkylation sites (N-methyl/N-ethyl adjacent to an activating group) is 1. The van der Waals surface area contributed by atoms with Gasteiger partial charge in [0.05, 0.1) is 18.4 Å². The highest BCUT2D eigenvalue weighted by Crippen LogP contribution is 2.17. The van der Waals surface area contributed by atoms with Crippen LogP contribution >= 0.6 is 15.9 Å². The molecule has 2 aromatic rings. The summed E-state index contributed by atoms with van der Waals surface area (Å²) in [4.78, 5) is 18.2. The summed E-state index contributed by atoms with van der Waals surface area (Å²) in [6.45, 7) is 1.95. The molecule has 7 heteroatoms. The minimum atomic E-state index is -0.128. The molecule has 0 atom stereocenters. The Labute approximate surface area is 131 Å². The van der Waals surface area contributed by atoms with E-state index in [1.165, 1.54) is 4.68 Å². The topological polar surface area (TPSA) is 63.1 Å². The summed E-state index contributed by atoms with van der Waals surface area (Å²) >= 11 is 3.35. The summed E-state index contributed by atoms with van der Waals surface area (Å²) in [7, 11) is 3.93. The first kappa shape index (κ1) is 15.7. The molecule has 0 aliphatic rings. The second kappa shape index (κ2) is 7.33. The van der Waals surface area contributed by atoms with E-state index in [-0.39, 0.29) is 5.56 Å². The fraction of sp³-hybridized carbons (Fsp3) is 0.357. The maximum Gasteiger partial charge on any atom is 0.283 e. The first-order chi connectivity index (χ1) is 10.1. The lowest BCUT2D eigenvalue weighted by atomic mass is 10.2. The average Bonchev–Trinajstić information content (AvgIpc) is 2.48. The predicted octanol–water partition coefficient (Wildman–Crippen LogP) is 1.57. The van der Waals surface area contributed by atoms with Gasteiger partial charge in [-0.25, -0.2) is 4.68 Å². The Hall–Kier alpha value is -1.73. The van der Waals surface area contributed by atoms with Crippen molar-refractivity contribution in [3.05, 3.63) is 51.1 Å². The second-order valence-corrected chi connectivity index (χ2v) is 5.71. The van der Waals surface area contributed by atoms with Crippen molar-refractivity contribution in [1.82, 2.24) is 19.7 Å². The molecule has 0 unspecified atom stereocenters. The Kier molecular flexibility index (Phi) is 5.46. The molecule has 0 aliphatic heterocycles. The van der Waals surface area contributed by atoms with Crippen LogP contribution in [0.3, 0.4) is 0 Å². The molecule has 2 heterocycles. The van der Waals surface area contributed by atoms with Crippen LogP contribution in [-0.4, -0.2) is 40.3 Å². The zero-order valence-corrected chi connectivity index (χ0v) is 13.7. The fourth-order valence-electron chi connectivity index (χ4n) is 1.74. The lowest BCUT2D eigenvalue weighted by Crippen LogP contribution is -2.29. The Morgan fingerprint density at radius 3 is 2.71 bits per heavy atom. The van der Waals surface area contributed by atoms with Crippen molar-refractivity contribution in [2.75, 3.05) is 26.0 Å².